The van der Waals surface area contributed by atoms with Gasteiger partial charge in [0.15, 0.2) is 5.96 Å². The van der Waals surface area contributed by atoms with E-state index in [9.17, 15) is 0 Å². The molecule has 1 saturated carbocycles. The van der Waals surface area contributed by atoms with Gasteiger partial charge in [-0.1, -0.05) is 20.8 Å². The van der Waals surface area contributed by atoms with E-state index >= 15 is 0 Å². The minimum Gasteiger partial charge on any atom is -0.357 e. The molecule has 2 unspecified atom stereocenters. The molecule has 0 spiro atoms. The highest BCUT2D eigenvalue weighted by Crippen LogP contribution is 2.28. The molecule has 5 nitrogen and oxygen atoms in total. The van der Waals surface area contributed by atoms with E-state index in [0.29, 0.717) is 18.5 Å². The number of aliphatic imine (C=N–C) groups is 1. The van der Waals surface area contributed by atoms with Gasteiger partial charge in [0.1, 0.15) is 12.4 Å². The summed E-state index contributed by atoms with van der Waals surface area (Å²) >= 11 is 0. The third-order valence-electron chi connectivity index (χ3n) is 3.52. The molecular weight excluding hydrogens is 250 g/mol. The molecule has 1 aliphatic carbocycles. The summed E-state index contributed by atoms with van der Waals surface area (Å²) in [7, 11) is 0. The maximum Gasteiger partial charge on any atom is 0.191 e. The second-order valence-corrected chi connectivity index (χ2v) is 6.05. The van der Waals surface area contributed by atoms with Crippen molar-refractivity contribution in [1.82, 2.24) is 20.2 Å². The number of hydrogen-bond donors (Lipinski definition) is 2. The number of imidazole rings is 1. The molecule has 2 atom stereocenters. The standard InChI is InChI=1S/C15H27N5/c1-5-16-15(19-13-8-12(13)4)18-9-14-17-6-7-20(14)10-11(2)3/h6-7,11-13H,5,8-10H2,1-4H3,(H2,16,18,19). The Morgan fingerprint density at radius 1 is 1.55 bits per heavy atom. The minimum absolute atomic E-state index is 0.586. The topological polar surface area (TPSA) is 54.2 Å². The number of guanidine groups is 1. The molecule has 5 heteroatoms. The van der Waals surface area contributed by atoms with Crippen molar-refractivity contribution in [3.05, 3.63) is 18.2 Å². The van der Waals surface area contributed by atoms with Gasteiger partial charge in [-0.3, -0.25) is 0 Å². The van der Waals surface area contributed by atoms with Crippen LogP contribution < -0.4 is 10.6 Å². The van der Waals surface area contributed by atoms with E-state index in [1.807, 2.05) is 12.4 Å². The van der Waals surface area contributed by atoms with Gasteiger partial charge in [-0.05, 0) is 25.2 Å². The molecule has 1 heterocycles. The van der Waals surface area contributed by atoms with E-state index in [2.05, 4.69) is 52.9 Å². The molecule has 0 bridgehead atoms. The van der Waals surface area contributed by atoms with Crippen molar-refractivity contribution in [1.29, 1.82) is 0 Å². The molecule has 1 fully saturated rings. The summed E-state index contributed by atoms with van der Waals surface area (Å²) in [6, 6.07) is 0.586. The van der Waals surface area contributed by atoms with Crippen LogP contribution in [0.15, 0.2) is 17.4 Å². The predicted molar refractivity (Wildman–Crippen MR) is 82.6 cm³/mol. The lowest BCUT2D eigenvalue weighted by molar-refractivity contribution is 0.507. The first-order valence-electron chi connectivity index (χ1n) is 7.65. The average molecular weight is 277 g/mol. The van der Waals surface area contributed by atoms with Crippen LogP contribution in [-0.2, 0) is 13.1 Å². The smallest absolute Gasteiger partial charge is 0.191 e. The maximum atomic E-state index is 4.65. The predicted octanol–water partition coefficient (Wildman–Crippen LogP) is 2.00. The average Bonchev–Trinajstić information content (AvgIpc) is 2.89. The molecule has 0 amide bonds. The van der Waals surface area contributed by atoms with Gasteiger partial charge in [-0.15, -0.1) is 0 Å². The zero-order valence-corrected chi connectivity index (χ0v) is 13.1. The van der Waals surface area contributed by atoms with E-state index in [4.69, 9.17) is 0 Å². The fourth-order valence-corrected chi connectivity index (χ4v) is 2.22. The van der Waals surface area contributed by atoms with E-state index in [1.165, 1.54) is 6.42 Å². The van der Waals surface area contributed by atoms with Crippen LogP contribution in [0.2, 0.25) is 0 Å². The summed E-state index contributed by atoms with van der Waals surface area (Å²) in [6.07, 6.45) is 5.14. The van der Waals surface area contributed by atoms with Crippen molar-refractivity contribution < 1.29 is 0 Å². The highest BCUT2D eigenvalue weighted by atomic mass is 15.2. The Hall–Kier alpha value is -1.52. The molecule has 2 N–H and O–H groups in total. The molecule has 20 heavy (non-hydrogen) atoms. The summed E-state index contributed by atoms with van der Waals surface area (Å²) in [5, 5.41) is 6.77. The van der Waals surface area contributed by atoms with Crippen LogP contribution in [0.25, 0.3) is 0 Å². The Kier molecular flexibility index (Phi) is 5.04. The monoisotopic (exact) mass is 277 g/mol. The second-order valence-electron chi connectivity index (χ2n) is 6.05. The lowest BCUT2D eigenvalue weighted by Crippen LogP contribution is -2.39. The molecule has 1 aromatic heterocycles. The van der Waals surface area contributed by atoms with Crippen molar-refractivity contribution in [2.24, 2.45) is 16.8 Å². The number of nitrogens with zero attached hydrogens (tertiary/aromatic N) is 3. The van der Waals surface area contributed by atoms with Crippen LogP contribution in [0, 0.1) is 11.8 Å². The molecule has 0 radical (unpaired) electrons. The van der Waals surface area contributed by atoms with E-state index < -0.39 is 0 Å². The molecule has 0 aliphatic heterocycles. The first kappa shape index (κ1) is 14.9. The Morgan fingerprint density at radius 3 is 2.90 bits per heavy atom. The van der Waals surface area contributed by atoms with Gasteiger partial charge in [0.05, 0.1) is 0 Å². The van der Waals surface area contributed by atoms with Crippen molar-refractivity contribution in [2.45, 2.75) is 53.2 Å². The lowest BCUT2D eigenvalue weighted by Gasteiger charge is -2.12. The van der Waals surface area contributed by atoms with Gasteiger partial charge in [0.25, 0.3) is 0 Å². The molecule has 0 aromatic carbocycles. The quantitative estimate of drug-likeness (QED) is 0.618. The third-order valence-corrected chi connectivity index (χ3v) is 3.52. The zero-order chi connectivity index (χ0) is 14.5. The second kappa shape index (κ2) is 6.77. The minimum atomic E-state index is 0.586. The van der Waals surface area contributed by atoms with Crippen molar-refractivity contribution >= 4 is 5.96 Å². The van der Waals surface area contributed by atoms with Crippen LogP contribution in [0.1, 0.15) is 39.9 Å². The summed E-state index contributed by atoms with van der Waals surface area (Å²) in [4.78, 5) is 9.06. The van der Waals surface area contributed by atoms with Crippen LogP contribution >= 0.6 is 0 Å². The number of rotatable bonds is 6. The maximum absolute atomic E-state index is 4.65. The fraction of sp³-hybridized carbons (Fsp3) is 0.733. The van der Waals surface area contributed by atoms with E-state index in [0.717, 1.165) is 30.8 Å². The highest BCUT2D eigenvalue weighted by Gasteiger charge is 2.33. The molecule has 112 valence electrons. The molecule has 0 saturated heterocycles. The van der Waals surface area contributed by atoms with Crippen LogP contribution in [-0.4, -0.2) is 28.1 Å². The third kappa shape index (κ3) is 4.25. The van der Waals surface area contributed by atoms with Crippen molar-refractivity contribution in [2.75, 3.05) is 6.54 Å². The van der Waals surface area contributed by atoms with Crippen LogP contribution in [0.4, 0.5) is 0 Å². The van der Waals surface area contributed by atoms with Crippen molar-refractivity contribution in [3.8, 4) is 0 Å². The summed E-state index contributed by atoms with van der Waals surface area (Å²) in [5.41, 5.74) is 0. The fourth-order valence-electron chi connectivity index (χ4n) is 2.22. The summed E-state index contributed by atoms with van der Waals surface area (Å²) in [6.45, 7) is 11.3. The SMILES string of the molecule is CCNC(=NCc1nccn1CC(C)C)NC1CC1C. The Bertz CT molecular complexity index is 449. The lowest BCUT2D eigenvalue weighted by atomic mass is 10.2. The van der Waals surface area contributed by atoms with E-state index in [-0.39, 0.29) is 0 Å². The van der Waals surface area contributed by atoms with Gasteiger partial charge < -0.3 is 15.2 Å². The molecule has 1 aliphatic rings. The molecular formula is C15H27N5. The van der Waals surface area contributed by atoms with Crippen LogP contribution in [0.3, 0.4) is 0 Å². The normalized spacial score (nSPS) is 22.1. The first-order valence-corrected chi connectivity index (χ1v) is 7.65. The molecule has 2 rings (SSSR count). The Balaban J connectivity index is 1.95. The van der Waals surface area contributed by atoms with Gasteiger partial charge in [0, 0.05) is 31.5 Å². The largest absolute Gasteiger partial charge is 0.357 e. The summed E-state index contributed by atoms with van der Waals surface area (Å²) in [5.74, 6) is 3.31. The van der Waals surface area contributed by atoms with E-state index in [1.54, 1.807) is 0 Å². The van der Waals surface area contributed by atoms with Gasteiger partial charge in [0.2, 0.25) is 0 Å². The Morgan fingerprint density at radius 2 is 2.30 bits per heavy atom. The zero-order valence-electron chi connectivity index (χ0n) is 13.1. The number of nitrogens with one attached hydrogen (secondary N) is 2. The van der Waals surface area contributed by atoms with Gasteiger partial charge >= 0.3 is 0 Å². The molecule has 1 aromatic rings. The highest BCUT2D eigenvalue weighted by molar-refractivity contribution is 5.80. The first-order chi connectivity index (χ1) is 9.60. The number of aromatic nitrogens is 2. The Labute approximate surface area is 121 Å². The van der Waals surface area contributed by atoms with Crippen LogP contribution in [0.5, 0.6) is 0 Å². The van der Waals surface area contributed by atoms with Gasteiger partial charge in [-0.25, -0.2) is 9.98 Å². The van der Waals surface area contributed by atoms with Gasteiger partial charge in [-0.2, -0.15) is 0 Å². The number of hydrogen-bond acceptors (Lipinski definition) is 2. The van der Waals surface area contributed by atoms with Crippen molar-refractivity contribution in [3.63, 3.8) is 0 Å². The summed E-state index contributed by atoms with van der Waals surface area (Å²) < 4.78 is 2.19.